The van der Waals surface area contributed by atoms with Gasteiger partial charge in [0.15, 0.2) is 6.17 Å². The number of nitrogens with zero attached hydrogens (tertiary/aromatic N) is 3. The number of aromatic nitrogens is 1. The highest BCUT2D eigenvalue weighted by Gasteiger charge is 2.41. The number of amides is 2. The van der Waals surface area contributed by atoms with Crippen LogP contribution in [-0.2, 0) is 9.59 Å². The lowest BCUT2D eigenvalue weighted by atomic mass is 9.97. The Morgan fingerprint density at radius 1 is 1.38 bits per heavy atom. The maximum Gasteiger partial charge on any atom is 0.298 e. The number of ether oxygens (including phenoxy) is 2. The van der Waals surface area contributed by atoms with Crippen LogP contribution in [0.2, 0.25) is 0 Å². The number of fused-ring (bicyclic) bond motifs is 1. The Labute approximate surface area is 185 Å². The molecule has 2 heterocycles. The van der Waals surface area contributed by atoms with Crippen molar-refractivity contribution in [1.82, 2.24) is 15.2 Å². The first-order chi connectivity index (χ1) is 15.3. The molecule has 1 N–H and O–H groups in total. The highest BCUT2D eigenvalue weighted by atomic mass is 19.1. The number of hydrogen-bond donors (Lipinski definition) is 1. The van der Waals surface area contributed by atoms with Gasteiger partial charge >= 0.3 is 0 Å². The Hall–Kier alpha value is -3.85. The molecule has 3 rings (SSSR count). The second kappa shape index (κ2) is 9.52. The van der Waals surface area contributed by atoms with Gasteiger partial charge in [0.25, 0.3) is 11.8 Å². The average Bonchev–Trinajstić information content (AvgIpc) is 3.07. The molecular weight excluding hydrogens is 415 g/mol. The van der Waals surface area contributed by atoms with E-state index in [9.17, 15) is 14.0 Å². The summed E-state index contributed by atoms with van der Waals surface area (Å²) < 4.78 is 25.3. The Kier molecular flexibility index (Phi) is 6.79. The lowest BCUT2D eigenvalue weighted by Crippen LogP contribution is -2.34. The fourth-order valence-corrected chi connectivity index (χ4v) is 3.52. The van der Waals surface area contributed by atoms with Gasteiger partial charge in [-0.15, -0.1) is 0 Å². The molecule has 0 unspecified atom stereocenters. The highest BCUT2D eigenvalue weighted by Crippen LogP contribution is 2.37. The van der Waals surface area contributed by atoms with Crippen molar-refractivity contribution in [3.63, 3.8) is 0 Å². The maximum absolute atomic E-state index is 14.1. The molecule has 1 fully saturated rings. The van der Waals surface area contributed by atoms with Gasteiger partial charge in [0.05, 0.1) is 25.3 Å². The van der Waals surface area contributed by atoms with Crippen LogP contribution in [0.5, 0.6) is 11.6 Å². The lowest BCUT2D eigenvalue weighted by molar-refractivity contribution is -0.124. The number of methoxy groups -OCH3 is 1. The van der Waals surface area contributed by atoms with E-state index in [-0.39, 0.29) is 24.1 Å². The molecule has 0 saturated carbocycles. The van der Waals surface area contributed by atoms with Crippen molar-refractivity contribution in [1.29, 1.82) is 0 Å². The number of rotatable bonds is 5. The molecule has 32 heavy (non-hydrogen) atoms. The van der Waals surface area contributed by atoms with Crippen molar-refractivity contribution in [3.05, 3.63) is 35.3 Å². The summed E-state index contributed by atoms with van der Waals surface area (Å²) in [6.07, 6.45) is 0.376. The summed E-state index contributed by atoms with van der Waals surface area (Å²) in [5.41, 5.74) is 0.716. The Morgan fingerprint density at radius 2 is 2.12 bits per heavy atom. The number of nitrogens with one attached hydrogen (secondary N) is 1. The zero-order chi connectivity index (χ0) is 23.4. The van der Waals surface area contributed by atoms with E-state index in [1.807, 2.05) is 6.92 Å². The molecule has 1 aromatic carbocycles. The van der Waals surface area contributed by atoms with Crippen LogP contribution in [0.3, 0.4) is 0 Å². The third-order valence-electron chi connectivity index (χ3n) is 5.32. The smallest absolute Gasteiger partial charge is 0.298 e. The van der Waals surface area contributed by atoms with Gasteiger partial charge in [-0.2, -0.15) is 0 Å². The molecule has 2 aromatic rings. The zero-order valence-corrected chi connectivity index (χ0v) is 18.2. The number of alkyl halides is 1. The molecule has 8 nitrogen and oxygen atoms in total. The highest BCUT2D eigenvalue weighted by molar-refractivity contribution is 5.98. The molecular formula is C23H23FN4O4. The summed E-state index contributed by atoms with van der Waals surface area (Å²) >= 11 is 0. The Morgan fingerprint density at radius 3 is 2.75 bits per heavy atom. The first-order valence-electron chi connectivity index (χ1n) is 9.99. The van der Waals surface area contributed by atoms with Crippen molar-refractivity contribution in [2.45, 2.75) is 25.6 Å². The molecule has 0 aliphatic carbocycles. The van der Waals surface area contributed by atoms with Gasteiger partial charge in [0, 0.05) is 37.5 Å². The van der Waals surface area contributed by atoms with Crippen molar-refractivity contribution in [2.24, 2.45) is 5.92 Å². The van der Waals surface area contributed by atoms with Gasteiger partial charge < -0.3 is 19.7 Å². The van der Waals surface area contributed by atoms with Crippen LogP contribution in [0.25, 0.3) is 15.6 Å². The zero-order valence-electron chi connectivity index (χ0n) is 18.2. The minimum absolute atomic E-state index is 0.0315. The molecule has 1 aromatic heterocycles. The molecule has 3 atom stereocenters. The fourth-order valence-electron chi connectivity index (χ4n) is 3.52. The number of carbonyl (C=O) groups is 2. The second-order valence-electron chi connectivity index (χ2n) is 7.51. The molecule has 0 bridgehead atoms. The summed E-state index contributed by atoms with van der Waals surface area (Å²) in [6, 6.07) is 2.73. The number of benzene rings is 1. The van der Waals surface area contributed by atoms with E-state index in [4.69, 9.17) is 16.0 Å². The third-order valence-corrected chi connectivity index (χ3v) is 5.32. The lowest BCUT2D eigenvalue weighted by Gasteiger charge is -2.19. The quantitative estimate of drug-likeness (QED) is 0.573. The topological polar surface area (TPSA) is 85.1 Å². The Balaban J connectivity index is 2.02. The van der Waals surface area contributed by atoms with Crippen molar-refractivity contribution in [2.75, 3.05) is 27.8 Å². The molecule has 0 radical (unpaired) electrons. The summed E-state index contributed by atoms with van der Waals surface area (Å²) in [7, 11) is 4.64. The monoisotopic (exact) mass is 438 g/mol. The average molecular weight is 438 g/mol. The molecule has 9 heteroatoms. The summed E-state index contributed by atoms with van der Waals surface area (Å²) in [6.45, 7) is 9.26. The van der Waals surface area contributed by atoms with Gasteiger partial charge in [-0.25, -0.2) is 14.2 Å². The molecule has 1 saturated heterocycles. The van der Waals surface area contributed by atoms with E-state index >= 15 is 0 Å². The minimum atomic E-state index is -1.56. The predicted molar refractivity (Wildman–Crippen MR) is 116 cm³/mol. The van der Waals surface area contributed by atoms with Crippen LogP contribution in [0, 0.1) is 24.3 Å². The van der Waals surface area contributed by atoms with E-state index < -0.39 is 24.0 Å². The van der Waals surface area contributed by atoms with Crippen LogP contribution in [0.15, 0.2) is 18.3 Å². The predicted octanol–water partition coefficient (Wildman–Crippen LogP) is 2.48. The van der Waals surface area contributed by atoms with Crippen LogP contribution >= 0.6 is 0 Å². The van der Waals surface area contributed by atoms with Crippen molar-refractivity contribution < 1.29 is 23.5 Å². The third kappa shape index (κ3) is 4.42. The van der Waals surface area contributed by atoms with E-state index in [0.717, 1.165) is 0 Å². The first kappa shape index (κ1) is 22.8. The largest absolute Gasteiger partial charge is 0.508 e. The maximum atomic E-state index is 14.1. The van der Waals surface area contributed by atoms with E-state index in [1.54, 1.807) is 26.2 Å². The summed E-state index contributed by atoms with van der Waals surface area (Å²) in [4.78, 5) is 32.7. The van der Waals surface area contributed by atoms with E-state index in [2.05, 4.69) is 27.0 Å². The van der Waals surface area contributed by atoms with E-state index in [0.29, 0.717) is 28.5 Å². The van der Waals surface area contributed by atoms with Crippen LogP contribution in [0.4, 0.5) is 10.1 Å². The van der Waals surface area contributed by atoms with Crippen LogP contribution in [0.1, 0.15) is 18.9 Å². The number of pyridine rings is 1. The fraction of sp³-hybridized carbons (Fsp3) is 0.391. The van der Waals surface area contributed by atoms with Gasteiger partial charge in [-0.3, -0.25) is 9.59 Å². The van der Waals surface area contributed by atoms with Crippen LogP contribution < -0.4 is 14.8 Å². The number of hydrogen-bond acceptors (Lipinski definition) is 5. The molecule has 0 spiro atoms. The summed E-state index contributed by atoms with van der Waals surface area (Å²) in [5, 5.41) is 3.71. The van der Waals surface area contributed by atoms with Crippen molar-refractivity contribution >= 4 is 28.3 Å². The van der Waals surface area contributed by atoms with Crippen LogP contribution in [-0.4, -0.2) is 61.7 Å². The van der Waals surface area contributed by atoms with Gasteiger partial charge in [0.2, 0.25) is 11.6 Å². The van der Waals surface area contributed by atoms with Gasteiger partial charge in [-0.1, -0.05) is 12.8 Å². The normalized spacial score (nSPS) is 19.5. The molecule has 1 aliphatic heterocycles. The minimum Gasteiger partial charge on any atom is -0.508 e. The first-order valence-corrected chi connectivity index (χ1v) is 9.99. The standard InChI is InChI=1S/C23H23FN4O4/c1-6-14-18(27-22(30)21(14)24)12-32-23-16-10-19(31-5)17(25-2)9-15(16)13(11-26-23)7-8-20(29)28(3)4/h9-11,14,18,21H,6,12H2,1,3-5H3,(H,27,30)/t14-,18+,21-/m0/s1. The Bertz CT molecular complexity index is 1160. The van der Waals surface area contributed by atoms with Crippen molar-refractivity contribution in [3.8, 4) is 23.5 Å². The van der Waals surface area contributed by atoms with Gasteiger partial charge in [0.1, 0.15) is 12.4 Å². The SMILES string of the molecule is [C-]#[N+]c1cc2c(C#CC(=O)N(C)C)cnc(OC[C@H]3NC(=O)[C@@H](F)[C@H]3CC)c2cc1OC. The molecule has 2 amide bonds. The van der Waals surface area contributed by atoms with Gasteiger partial charge in [-0.05, 0) is 23.9 Å². The van der Waals surface area contributed by atoms with E-state index in [1.165, 1.54) is 18.2 Å². The number of carbonyl (C=O) groups excluding carboxylic acids is 2. The number of halogens is 1. The molecule has 166 valence electrons. The second-order valence-corrected chi connectivity index (χ2v) is 7.51. The summed E-state index contributed by atoms with van der Waals surface area (Å²) in [5.74, 6) is 4.40. The molecule has 1 aliphatic rings.